The third-order valence-electron chi connectivity index (χ3n) is 1.78. The minimum absolute atomic E-state index is 0.353. The van der Waals surface area contributed by atoms with Gasteiger partial charge in [-0.15, -0.1) is 0 Å². The number of carbonyl (C=O) groups is 1. The second kappa shape index (κ2) is 6.19. The molecule has 0 spiro atoms. The molecule has 86 valence electrons. The van der Waals surface area contributed by atoms with Gasteiger partial charge in [-0.05, 0) is 13.0 Å². The lowest BCUT2D eigenvalue weighted by Gasteiger charge is -1.91. The van der Waals surface area contributed by atoms with Crippen LogP contribution in [0.25, 0.3) is 5.65 Å². The Balaban J connectivity index is 0.000000280. The van der Waals surface area contributed by atoms with Crippen molar-refractivity contribution < 1.29 is 9.53 Å². The zero-order chi connectivity index (χ0) is 12.0. The zero-order valence-electron chi connectivity index (χ0n) is 9.05. The molecule has 0 aliphatic rings. The molecule has 2 aromatic rings. The summed E-state index contributed by atoms with van der Waals surface area (Å²) < 4.78 is 6.04. The van der Waals surface area contributed by atoms with Crippen molar-refractivity contribution >= 4 is 23.5 Å². The summed E-state index contributed by atoms with van der Waals surface area (Å²) in [6.45, 7) is 2.78. The number of nitrogens with zero attached hydrogens (tertiary/aromatic N) is 3. The predicted molar refractivity (Wildman–Crippen MR) is 60.9 cm³/mol. The molecule has 0 N–H and O–H groups in total. The van der Waals surface area contributed by atoms with Crippen LogP contribution in [0.5, 0.6) is 0 Å². The highest BCUT2D eigenvalue weighted by molar-refractivity contribution is 6.29. The summed E-state index contributed by atoms with van der Waals surface area (Å²) in [6.07, 6.45) is 3.80. The van der Waals surface area contributed by atoms with Gasteiger partial charge in [0.2, 0.25) is 0 Å². The lowest BCUT2D eigenvalue weighted by atomic mass is 10.4. The van der Waals surface area contributed by atoms with Crippen LogP contribution in [0.3, 0.4) is 0 Å². The van der Waals surface area contributed by atoms with Gasteiger partial charge < -0.3 is 4.74 Å². The summed E-state index contributed by atoms with van der Waals surface area (Å²) in [5.41, 5.74) is 0.926. The van der Waals surface area contributed by atoms with Gasteiger partial charge in [0.05, 0.1) is 11.8 Å². The highest BCUT2D eigenvalue weighted by Gasteiger charge is 2.03. The van der Waals surface area contributed by atoms with Crippen molar-refractivity contribution in [2.75, 3.05) is 13.7 Å². The Bertz CT molecular complexity index is 468. The quantitative estimate of drug-likeness (QED) is 0.595. The lowest BCUT2D eigenvalue weighted by Crippen LogP contribution is -1.89. The van der Waals surface area contributed by atoms with Gasteiger partial charge in [0.1, 0.15) is 5.15 Å². The summed E-state index contributed by atoms with van der Waals surface area (Å²) >= 11 is 5.64. The lowest BCUT2D eigenvalue weighted by molar-refractivity contribution is 0.112. The van der Waals surface area contributed by atoms with Gasteiger partial charge in [0.15, 0.2) is 11.9 Å². The Kier molecular flexibility index (Phi) is 4.88. The number of ether oxygens (including phenoxy) is 1. The topological polar surface area (TPSA) is 56.5 Å². The van der Waals surface area contributed by atoms with Gasteiger partial charge in [0.25, 0.3) is 0 Å². The Hall–Kier alpha value is -1.46. The average Bonchev–Trinajstić information content (AvgIpc) is 2.71. The molecule has 0 unspecified atom stereocenters. The number of hydrogen-bond donors (Lipinski definition) is 0. The normalized spacial score (nSPS) is 9.69. The number of carbonyl (C=O) groups excluding carboxylic acids is 1. The maximum absolute atomic E-state index is 10.5. The van der Waals surface area contributed by atoms with Crippen molar-refractivity contribution in [2.45, 2.75) is 6.92 Å². The van der Waals surface area contributed by atoms with Crippen molar-refractivity contribution in [2.24, 2.45) is 0 Å². The molecule has 0 aromatic carbocycles. The number of rotatable bonds is 2. The van der Waals surface area contributed by atoms with Gasteiger partial charge >= 0.3 is 0 Å². The highest BCUT2D eigenvalue weighted by atomic mass is 35.5. The van der Waals surface area contributed by atoms with Gasteiger partial charge in [-0.2, -0.15) is 5.10 Å². The molecule has 0 amide bonds. The first-order chi connectivity index (χ1) is 7.72. The second-order valence-corrected chi connectivity index (χ2v) is 3.20. The molecular weight excluding hydrogens is 230 g/mol. The zero-order valence-corrected chi connectivity index (χ0v) is 9.81. The van der Waals surface area contributed by atoms with Crippen molar-refractivity contribution in [3.63, 3.8) is 0 Å². The van der Waals surface area contributed by atoms with E-state index in [2.05, 4.69) is 14.8 Å². The van der Waals surface area contributed by atoms with E-state index < -0.39 is 0 Å². The van der Waals surface area contributed by atoms with E-state index in [0.29, 0.717) is 22.6 Å². The first kappa shape index (κ1) is 12.6. The van der Waals surface area contributed by atoms with E-state index in [1.54, 1.807) is 19.4 Å². The van der Waals surface area contributed by atoms with Crippen LogP contribution in [0.4, 0.5) is 0 Å². The molecule has 0 atom stereocenters. The van der Waals surface area contributed by atoms with Gasteiger partial charge in [-0.25, -0.2) is 9.50 Å². The molecule has 2 rings (SSSR count). The first-order valence-electron chi connectivity index (χ1n) is 4.67. The molecule has 0 saturated carbocycles. The summed E-state index contributed by atoms with van der Waals surface area (Å²) in [5, 5.41) is 4.25. The standard InChI is InChI=1S/C7H4ClN3O.C3H8O/c8-6-1-2-11-7(10-6)5(4-12)3-9-11;1-3-4-2/h1-4H;3H2,1-2H3. The largest absolute Gasteiger partial charge is 0.385 e. The Morgan fingerprint density at radius 2 is 2.31 bits per heavy atom. The fourth-order valence-corrected chi connectivity index (χ4v) is 1.08. The third-order valence-corrected chi connectivity index (χ3v) is 1.99. The number of methoxy groups -OCH3 is 1. The molecule has 0 radical (unpaired) electrons. The Morgan fingerprint density at radius 3 is 2.88 bits per heavy atom. The molecule has 6 heteroatoms. The van der Waals surface area contributed by atoms with Crippen molar-refractivity contribution in [3.8, 4) is 0 Å². The second-order valence-electron chi connectivity index (χ2n) is 2.81. The predicted octanol–water partition coefficient (Wildman–Crippen LogP) is 1.85. The minimum atomic E-state index is 0.353. The molecule has 2 heterocycles. The van der Waals surface area contributed by atoms with Crippen LogP contribution in [0.15, 0.2) is 18.5 Å². The minimum Gasteiger partial charge on any atom is -0.385 e. The average molecular weight is 242 g/mol. The first-order valence-corrected chi connectivity index (χ1v) is 5.04. The Labute approximate surface area is 98.0 Å². The monoisotopic (exact) mass is 241 g/mol. The van der Waals surface area contributed by atoms with E-state index >= 15 is 0 Å². The third kappa shape index (κ3) is 3.01. The van der Waals surface area contributed by atoms with Gasteiger partial charge in [0, 0.05) is 19.9 Å². The van der Waals surface area contributed by atoms with Crippen LogP contribution >= 0.6 is 11.6 Å². The van der Waals surface area contributed by atoms with E-state index in [4.69, 9.17) is 11.6 Å². The maximum Gasteiger partial charge on any atom is 0.167 e. The summed E-state index contributed by atoms with van der Waals surface area (Å²) in [5.74, 6) is 0. The molecule has 0 saturated heterocycles. The van der Waals surface area contributed by atoms with Crippen LogP contribution in [0.2, 0.25) is 5.15 Å². The number of fused-ring (bicyclic) bond motifs is 1. The van der Waals surface area contributed by atoms with Gasteiger partial charge in [-0.3, -0.25) is 4.79 Å². The molecule has 0 aliphatic heterocycles. The number of hydrogen-bond acceptors (Lipinski definition) is 4. The Morgan fingerprint density at radius 1 is 1.62 bits per heavy atom. The number of halogens is 1. The van der Waals surface area contributed by atoms with Gasteiger partial charge in [-0.1, -0.05) is 11.6 Å². The molecule has 0 aliphatic carbocycles. The summed E-state index contributed by atoms with van der Waals surface area (Å²) in [4.78, 5) is 14.4. The molecule has 2 aromatic heterocycles. The number of aldehydes is 1. The molecule has 16 heavy (non-hydrogen) atoms. The van der Waals surface area contributed by atoms with Crippen LogP contribution < -0.4 is 0 Å². The molecule has 0 bridgehead atoms. The molecular formula is C10H12ClN3O2. The van der Waals surface area contributed by atoms with Crippen molar-refractivity contribution in [3.05, 3.63) is 29.2 Å². The fourth-order valence-electron chi connectivity index (χ4n) is 0.948. The highest BCUT2D eigenvalue weighted by Crippen LogP contribution is 2.09. The van der Waals surface area contributed by atoms with E-state index in [9.17, 15) is 4.79 Å². The molecule has 0 fully saturated rings. The fraction of sp³-hybridized carbons (Fsp3) is 0.300. The summed E-state index contributed by atoms with van der Waals surface area (Å²) in [7, 11) is 1.68. The van der Waals surface area contributed by atoms with E-state index in [-0.39, 0.29) is 0 Å². The van der Waals surface area contributed by atoms with E-state index in [1.807, 2.05) is 6.92 Å². The van der Waals surface area contributed by atoms with Crippen LogP contribution in [-0.2, 0) is 4.74 Å². The van der Waals surface area contributed by atoms with E-state index in [0.717, 1.165) is 6.61 Å². The van der Waals surface area contributed by atoms with Crippen molar-refractivity contribution in [1.82, 2.24) is 14.6 Å². The van der Waals surface area contributed by atoms with E-state index in [1.165, 1.54) is 10.7 Å². The smallest absolute Gasteiger partial charge is 0.167 e. The van der Waals surface area contributed by atoms with Crippen LogP contribution in [0.1, 0.15) is 17.3 Å². The summed E-state index contributed by atoms with van der Waals surface area (Å²) in [6, 6.07) is 1.61. The van der Waals surface area contributed by atoms with Crippen LogP contribution in [0, 0.1) is 0 Å². The van der Waals surface area contributed by atoms with Crippen LogP contribution in [-0.4, -0.2) is 34.6 Å². The SMILES string of the molecule is CCOC.O=Cc1cnn2ccc(Cl)nc12. The van der Waals surface area contributed by atoms with Crippen molar-refractivity contribution in [1.29, 1.82) is 0 Å². The maximum atomic E-state index is 10.5. The molecule has 5 nitrogen and oxygen atoms in total. The number of aromatic nitrogens is 3.